The number of carbonyl (C=O) groups is 1. The van der Waals surface area contributed by atoms with Crippen molar-refractivity contribution >= 4 is 16.9 Å². The maximum absolute atomic E-state index is 12.7. The van der Waals surface area contributed by atoms with E-state index in [4.69, 9.17) is 4.74 Å². The summed E-state index contributed by atoms with van der Waals surface area (Å²) in [6, 6.07) is 13.8. The first kappa shape index (κ1) is 16.6. The first-order chi connectivity index (χ1) is 13.1. The summed E-state index contributed by atoms with van der Waals surface area (Å²) in [5, 5.41) is 11.4. The number of aromatic nitrogens is 6. The van der Waals surface area contributed by atoms with Crippen molar-refractivity contribution in [3.63, 3.8) is 0 Å². The first-order valence-electron chi connectivity index (χ1n) is 8.16. The molecule has 0 aliphatic rings. The third-order valence-corrected chi connectivity index (χ3v) is 4.02. The number of esters is 1. The Hall–Kier alpha value is -3.88. The van der Waals surface area contributed by atoms with Crippen LogP contribution in [0.1, 0.15) is 29.2 Å². The molecule has 0 bridgehead atoms. The fraction of sp³-hybridized carbons (Fsp3) is 0.111. The quantitative estimate of drug-likeness (QED) is 0.550. The summed E-state index contributed by atoms with van der Waals surface area (Å²) in [5.41, 5.74) is 1.03. The van der Waals surface area contributed by atoms with E-state index in [1.54, 1.807) is 55.5 Å². The number of nitrogens with zero attached hydrogens (tertiary/aromatic N) is 5. The maximum atomic E-state index is 12.7. The van der Waals surface area contributed by atoms with Gasteiger partial charge in [-0.3, -0.25) is 4.79 Å². The standard InChI is InChI=1S/C18H14N6O3/c1-11(16-20-14-8-4-2-6-12(14)17(25)21-16)27-18(26)13-7-3-5-9-15(13)24-10-19-22-23-24/h2-11H,1H3,(H,20,21,25)/t11-/m1/s1. The average molecular weight is 362 g/mol. The number of hydrogen-bond acceptors (Lipinski definition) is 7. The van der Waals surface area contributed by atoms with E-state index in [0.29, 0.717) is 22.2 Å². The molecule has 134 valence electrons. The summed E-state index contributed by atoms with van der Waals surface area (Å²) in [4.78, 5) is 31.9. The van der Waals surface area contributed by atoms with Crippen molar-refractivity contribution in [2.45, 2.75) is 13.0 Å². The van der Waals surface area contributed by atoms with Gasteiger partial charge < -0.3 is 9.72 Å². The molecule has 27 heavy (non-hydrogen) atoms. The van der Waals surface area contributed by atoms with E-state index in [1.165, 1.54) is 11.0 Å². The van der Waals surface area contributed by atoms with Gasteiger partial charge >= 0.3 is 5.97 Å². The van der Waals surface area contributed by atoms with E-state index in [9.17, 15) is 9.59 Å². The Morgan fingerprint density at radius 3 is 2.74 bits per heavy atom. The molecule has 0 unspecified atom stereocenters. The van der Waals surface area contributed by atoms with Crippen LogP contribution in [0.25, 0.3) is 16.6 Å². The minimum atomic E-state index is -0.753. The highest BCUT2D eigenvalue weighted by Gasteiger charge is 2.20. The van der Waals surface area contributed by atoms with Crippen LogP contribution in [0.2, 0.25) is 0 Å². The van der Waals surface area contributed by atoms with Crippen molar-refractivity contribution in [1.82, 2.24) is 30.2 Å². The monoisotopic (exact) mass is 362 g/mol. The number of para-hydroxylation sites is 2. The minimum absolute atomic E-state index is 0.270. The van der Waals surface area contributed by atoms with Crippen LogP contribution in [0.15, 0.2) is 59.7 Å². The second-order valence-electron chi connectivity index (χ2n) is 5.79. The SMILES string of the molecule is C[C@@H](OC(=O)c1ccccc1-n1cnnn1)c1nc2ccccc2c(=O)[nH]1. The summed E-state index contributed by atoms with van der Waals surface area (Å²) >= 11 is 0. The fourth-order valence-electron chi connectivity index (χ4n) is 2.69. The number of rotatable bonds is 4. The zero-order valence-electron chi connectivity index (χ0n) is 14.2. The highest BCUT2D eigenvalue weighted by Crippen LogP contribution is 2.19. The average Bonchev–Trinajstić information content (AvgIpc) is 3.22. The molecule has 0 radical (unpaired) electrons. The minimum Gasteiger partial charge on any atom is -0.451 e. The zero-order chi connectivity index (χ0) is 18.8. The van der Waals surface area contributed by atoms with E-state index in [1.807, 2.05) is 0 Å². The lowest BCUT2D eigenvalue weighted by atomic mass is 10.2. The summed E-state index contributed by atoms with van der Waals surface area (Å²) in [6.07, 6.45) is 0.634. The van der Waals surface area contributed by atoms with Gasteiger partial charge in [0.15, 0.2) is 11.9 Å². The van der Waals surface area contributed by atoms with Gasteiger partial charge in [0.1, 0.15) is 6.33 Å². The van der Waals surface area contributed by atoms with Crippen LogP contribution in [0.4, 0.5) is 0 Å². The molecule has 4 rings (SSSR count). The Bertz CT molecular complexity index is 1170. The molecule has 2 heterocycles. The maximum Gasteiger partial charge on any atom is 0.341 e. The van der Waals surface area contributed by atoms with Gasteiger partial charge in [-0.05, 0) is 41.6 Å². The van der Waals surface area contributed by atoms with Gasteiger partial charge in [-0.15, -0.1) is 5.10 Å². The topological polar surface area (TPSA) is 116 Å². The number of fused-ring (bicyclic) bond motifs is 1. The van der Waals surface area contributed by atoms with Crippen LogP contribution in [0.5, 0.6) is 0 Å². The molecule has 0 saturated carbocycles. The number of hydrogen-bond donors (Lipinski definition) is 1. The zero-order valence-corrected chi connectivity index (χ0v) is 14.2. The van der Waals surface area contributed by atoms with Crippen LogP contribution in [0, 0.1) is 0 Å². The van der Waals surface area contributed by atoms with Crippen molar-refractivity contribution in [2.24, 2.45) is 0 Å². The molecular formula is C18H14N6O3. The Kier molecular flexibility index (Phi) is 4.17. The molecule has 2 aromatic heterocycles. The molecule has 0 fully saturated rings. The number of nitrogens with one attached hydrogen (secondary N) is 1. The third kappa shape index (κ3) is 3.17. The Labute approximate surface area is 152 Å². The predicted molar refractivity (Wildman–Crippen MR) is 95.3 cm³/mol. The van der Waals surface area contributed by atoms with E-state index >= 15 is 0 Å². The van der Waals surface area contributed by atoms with Gasteiger partial charge in [0.05, 0.1) is 22.2 Å². The molecule has 0 saturated heterocycles. The van der Waals surface area contributed by atoms with Crippen molar-refractivity contribution < 1.29 is 9.53 Å². The smallest absolute Gasteiger partial charge is 0.341 e. The highest BCUT2D eigenvalue weighted by molar-refractivity contribution is 5.93. The van der Waals surface area contributed by atoms with Gasteiger partial charge in [0, 0.05) is 0 Å². The molecular weight excluding hydrogens is 348 g/mol. The third-order valence-electron chi connectivity index (χ3n) is 4.02. The normalized spacial score (nSPS) is 12.0. The van der Waals surface area contributed by atoms with Crippen molar-refractivity contribution in [3.05, 3.63) is 76.6 Å². The summed E-state index contributed by atoms with van der Waals surface area (Å²) in [5.74, 6) is -0.309. The van der Waals surface area contributed by atoms with Gasteiger partial charge in [0.25, 0.3) is 5.56 Å². The predicted octanol–water partition coefficient (Wildman–Crippen LogP) is 1.82. The molecule has 0 spiro atoms. The van der Waals surface area contributed by atoms with Gasteiger partial charge in [-0.1, -0.05) is 24.3 Å². The molecule has 1 N–H and O–H groups in total. The molecule has 0 aliphatic carbocycles. The number of benzene rings is 2. The van der Waals surface area contributed by atoms with Crippen LogP contribution in [-0.2, 0) is 4.74 Å². The summed E-state index contributed by atoms with van der Waals surface area (Å²) in [6.45, 7) is 1.64. The molecule has 1 atom stereocenters. The molecule has 0 aliphatic heterocycles. The lowest BCUT2D eigenvalue weighted by Crippen LogP contribution is -2.18. The number of H-pyrrole nitrogens is 1. The van der Waals surface area contributed by atoms with Crippen LogP contribution in [0.3, 0.4) is 0 Å². The first-order valence-corrected chi connectivity index (χ1v) is 8.16. The second-order valence-corrected chi connectivity index (χ2v) is 5.79. The Morgan fingerprint density at radius 2 is 1.93 bits per heavy atom. The van der Waals surface area contributed by atoms with E-state index in [0.717, 1.165) is 0 Å². The molecule has 9 nitrogen and oxygen atoms in total. The van der Waals surface area contributed by atoms with E-state index in [-0.39, 0.29) is 11.4 Å². The van der Waals surface area contributed by atoms with Crippen molar-refractivity contribution in [2.75, 3.05) is 0 Å². The second kappa shape index (κ2) is 6.79. The summed E-state index contributed by atoms with van der Waals surface area (Å²) < 4.78 is 6.88. The largest absolute Gasteiger partial charge is 0.451 e. The van der Waals surface area contributed by atoms with E-state index < -0.39 is 12.1 Å². The molecule has 4 aromatic rings. The van der Waals surface area contributed by atoms with Crippen LogP contribution >= 0.6 is 0 Å². The number of carbonyl (C=O) groups excluding carboxylic acids is 1. The van der Waals surface area contributed by atoms with Gasteiger partial charge in [0.2, 0.25) is 0 Å². The highest BCUT2D eigenvalue weighted by atomic mass is 16.5. The lowest BCUT2D eigenvalue weighted by molar-refractivity contribution is 0.0320. The molecule has 0 amide bonds. The Morgan fingerprint density at radius 1 is 1.15 bits per heavy atom. The summed E-state index contributed by atoms with van der Waals surface area (Å²) in [7, 11) is 0. The fourth-order valence-corrected chi connectivity index (χ4v) is 2.69. The van der Waals surface area contributed by atoms with Crippen LogP contribution < -0.4 is 5.56 Å². The van der Waals surface area contributed by atoms with Crippen molar-refractivity contribution in [3.8, 4) is 5.69 Å². The van der Waals surface area contributed by atoms with Gasteiger partial charge in [-0.2, -0.15) is 4.68 Å². The van der Waals surface area contributed by atoms with Gasteiger partial charge in [-0.25, -0.2) is 9.78 Å². The van der Waals surface area contributed by atoms with Crippen molar-refractivity contribution in [1.29, 1.82) is 0 Å². The number of ether oxygens (including phenoxy) is 1. The molecule has 2 aromatic carbocycles. The Balaban J connectivity index is 1.64. The van der Waals surface area contributed by atoms with Crippen LogP contribution in [-0.4, -0.2) is 36.1 Å². The number of tetrazole rings is 1. The lowest BCUT2D eigenvalue weighted by Gasteiger charge is -2.14. The molecule has 9 heteroatoms. The van der Waals surface area contributed by atoms with E-state index in [2.05, 4.69) is 25.5 Å². The number of aromatic amines is 1.